The molecule has 0 bridgehead atoms. The number of para-hydroxylation sites is 1. The molecule has 3 rings (SSSR count). The second-order valence-corrected chi connectivity index (χ2v) is 7.75. The zero-order valence-electron chi connectivity index (χ0n) is 16.9. The molecule has 2 aromatic rings. The van der Waals surface area contributed by atoms with Gasteiger partial charge in [-0.05, 0) is 87.5 Å². The number of aliphatic carboxylic acids is 1. The Kier molecular flexibility index (Phi) is 8.05. The molecule has 1 aliphatic rings. The molecule has 1 saturated heterocycles. The third-order valence-electron chi connectivity index (χ3n) is 5.61. The van der Waals surface area contributed by atoms with E-state index in [1.165, 1.54) is 6.07 Å². The summed E-state index contributed by atoms with van der Waals surface area (Å²) in [6, 6.07) is 14.8. The maximum Gasteiger partial charge on any atom is 0.306 e. The van der Waals surface area contributed by atoms with E-state index in [4.69, 9.17) is 9.84 Å². The van der Waals surface area contributed by atoms with Gasteiger partial charge in [0, 0.05) is 0 Å². The van der Waals surface area contributed by atoms with Gasteiger partial charge in [0.15, 0.2) is 0 Å². The average molecular weight is 400 g/mol. The molecule has 0 radical (unpaired) electrons. The Morgan fingerprint density at radius 1 is 1.07 bits per heavy atom. The smallest absolute Gasteiger partial charge is 0.306 e. The van der Waals surface area contributed by atoms with Gasteiger partial charge in [-0.2, -0.15) is 0 Å². The van der Waals surface area contributed by atoms with Crippen LogP contribution in [0.5, 0.6) is 5.75 Å². The predicted octanol–water partition coefficient (Wildman–Crippen LogP) is 4.57. The molecular formula is C24H30FNO3. The molecule has 5 heteroatoms. The fourth-order valence-corrected chi connectivity index (χ4v) is 3.85. The highest BCUT2D eigenvalue weighted by atomic mass is 19.1. The summed E-state index contributed by atoms with van der Waals surface area (Å²) in [4.78, 5) is 13.4. The largest absolute Gasteiger partial charge is 0.493 e. The third-order valence-corrected chi connectivity index (χ3v) is 5.61. The van der Waals surface area contributed by atoms with Crippen molar-refractivity contribution < 1.29 is 19.0 Å². The molecule has 29 heavy (non-hydrogen) atoms. The molecule has 0 atom stereocenters. The number of likely N-dealkylation sites (tertiary alicyclic amines) is 1. The van der Waals surface area contributed by atoms with Crippen molar-refractivity contribution >= 4 is 5.97 Å². The van der Waals surface area contributed by atoms with Gasteiger partial charge in [-0.25, -0.2) is 4.39 Å². The van der Waals surface area contributed by atoms with Crippen molar-refractivity contribution in [2.75, 3.05) is 26.2 Å². The molecule has 1 N–H and O–H groups in total. The van der Waals surface area contributed by atoms with E-state index in [2.05, 4.69) is 11.0 Å². The standard InChI is InChI=1S/C24H30FNO3/c25-22-8-5-6-19(18-22)10-11-20-7-1-2-9-23(20)29-17-4-3-14-26-15-12-21(13-16-26)24(27)28/h1-2,5-9,18,21H,3-4,10-17H2,(H,27,28). The summed E-state index contributed by atoms with van der Waals surface area (Å²) in [5, 5.41) is 9.06. The van der Waals surface area contributed by atoms with Crippen LogP contribution in [0, 0.1) is 11.7 Å². The van der Waals surface area contributed by atoms with Crippen molar-refractivity contribution in [3.05, 3.63) is 65.5 Å². The van der Waals surface area contributed by atoms with Crippen LogP contribution < -0.4 is 4.74 Å². The average Bonchev–Trinajstić information content (AvgIpc) is 2.73. The first-order chi connectivity index (χ1) is 14.1. The lowest BCUT2D eigenvalue weighted by molar-refractivity contribution is -0.143. The Hall–Kier alpha value is -2.40. The molecule has 0 spiro atoms. The van der Waals surface area contributed by atoms with Gasteiger partial charge >= 0.3 is 5.97 Å². The van der Waals surface area contributed by atoms with Gasteiger partial charge in [0.05, 0.1) is 12.5 Å². The molecule has 2 aromatic carbocycles. The normalized spacial score (nSPS) is 15.3. The summed E-state index contributed by atoms with van der Waals surface area (Å²) in [6.45, 7) is 3.42. The summed E-state index contributed by atoms with van der Waals surface area (Å²) in [5.74, 6) is -0.113. The van der Waals surface area contributed by atoms with Gasteiger partial charge in [-0.1, -0.05) is 30.3 Å². The molecule has 1 aliphatic heterocycles. The van der Waals surface area contributed by atoms with Crippen molar-refractivity contribution in [1.29, 1.82) is 0 Å². The van der Waals surface area contributed by atoms with Crippen LogP contribution in [-0.2, 0) is 17.6 Å². The summed E-state index contributed by atoms with van der Waals surface area (Å²) in [6.07, 6.45) is 5.12. The second-order valence-electron chi connectivity index (χ2n) is 7.75. The number of carboxylic acids is 1. The van der Waals surface area contributed by atoms with Gasteiger partial charge in [0.2, 0.25) is 0 Å². The minimum atomic E-state index is -0.658. The molecule has 0 aromatic heterocycles. The zero-order valence-corrected chi connectivity index (χ0v) is 16.9. The summed E-state index contributed by atoms with van der Waals surface area (Å²) in [5.41, 5.74) is 2.14. The quantitative estimate of drug-likeness (QED) is 0.595. The molecule has 0 amide bonds. The fraction of sp³-hybridized carbons (Fsp3) is 0.458. The van der Waals surface area contributed by atoms with Crippen LogP contribution in [0.3, 0.4) is 0 Å². The number of piperidine rings is 1. The van der Waals surface area contributed by atoms with Crippen LogP contribution in [0.4, 0.5) is 4.39 Å². The fourth-order valence-electron chi connectivity index (χ4n) is 3.85. The van der Waals surface area contributed by atoms with Crippen LogP contribution in [0.25, 0.3) is 0 Å². The Bertz CT molecular complexity index is 787. The number of ether oxygens (including phenoxy) is 1. The van der Waals surface area contributed by atoms with Crippen LogP contribution >= 0.6 is 0 Å². The second kappa shape index (κ2) is 11.0. The van der Waals surface area contributed by atoms with E-state index in [1.54, 1.807) is 12.1 Å². The third kappa shape index (κ3) is 6.86. The molecule has 156 valence electrons. The molecule has 1 heterocycles. The van der Waals surface area contributed by atoms with Crippen molar-refractivity contribution in [1.82, 2.24) is 4.90 Å². The minimum absolute atomic E-state index is 0.168. The van der Waals surface area contributed by atoms with Crippen LogP contribution in [0.1, 0.15) is 36.8 Å². The lowest BCUT2D eigenvalue weighted by Crippen LogP contribution is -2.36. The van der Waals surface area contributed by atoms with E-state index >= 15 is 0 Å². The molecule has 0 saturated carbocycles. The van der Waals surface area contributed by atoms with E-state index in [-0.39, 0.29) is 11.7 Å². The summed E-state index contributed by atoms with van der Waals surface area (Å²) >= 11 is 0. The number of halogens is 1. The number of hydrogen-bond donors (Lipinski definition) is 1. The van der Waals surface area contributed by atoms with E-state index < -0.39 is 5.97 Å². The molecule has 4 nitrogen and oxygen atoms in total. The summed E-state index contributed by atoms with van der Waals surface area (Å²) < 4.78 is 19.4. The molecule has 0 unspecified atom stereocenters. The number of rotatable bonds is 10. The first-order valence-corrected chi connectivity index (χ1v) is 10.5. The number of aryl methyl sites for hydroxylation is 2. The van der Waals surface area contributed by atoms with Crippen molar-refractivity contribution in [2.45, 2.75) is 38.5 Å². The first kappa shape index (κ1) is 21.3. The van der Waals surface area contributed by atoms with Gasteiger partial charge in [0.25, 0.3) is 0 Å². The molecule has 0 aliphatic carbocycles. The van der Waals surface area contributed by atoms with E-state index in [0.717, 1.165) is 75.0 Å². The number of carboxylic acid groups (broad SMARTS) is 1. The van der Waals surface area contributed by atoms with Crippen molar-refractivity contribution in [2.24, 2.45) is 5.92 Å². The summed E-state index contributed by atoms with van der Waals surface area (Å²) in [7, 11) is 0. The minimum Gasteiger partial charge on any atom is -0.493 e. The number of carbonyl (C=O) groups is 1. The van der Waals surface area contributed by atoms with E-state index in [1.807, 2.05) is 24.3 Å². The number of benzene rings is 2. The maximum atomic E-state index is 13.3. The number of hydrogen-bond acceptors (Lipinski definition) is 3. The Morgan fingerprint density at radius 3 is 2.62 bits per heavy atom. The zero-order chi connectivity index (χ0) is 20.5. The highest BCUT2D eigenvalue weighted by Gasteiger charge is 2.23. The number of nitrogens with zero attached hydrogens (tertiary/aromatic N) is 1. The lowest BCUT2D eigenvalue weighted by atomic mass is 9.97. The van der Waals surface area contributed by atoms with E-state index in [9.17, 15) is 9.18 Å². The maximum absolute atomic E-state index is 13.3. The Labute approximate surface area is 172 Å². The van der Waals surface area contributed by atoms with Crippen molar-refractivity contribution in [3.63, 3.8) is 0 Å². The lowest BCUT2D eigenvalue weighted by Gasteiger charge is -2.29. The highest BCUT2D eigenvalue weighted by molar-refractivity contribution is 5.70. The van der Waals surface area contributed by atoms with Gasteiger partial charge < -0.3 is 14.7 Å². The highest BCUT2D eigenvalue weighted by Crippen LogP contribution is 2.21. The van der Waals surface area contributed by atoms with Gasteiger partial charge in [-0.3, -0.25) is 4.79 Å². The topological polar surface area (TPSA) is 49.8 Å². The predicted molar refractivity (Wildman–Crippen MR) is 112 cm³/mol. The van der Waals surface area contributed by atoms with Gasteiger partial charge in [-0.15, -0.1) is 0 Å². The van der Waals surface area contributed by atoms with Crippen LogP contribution in [-0.4, -0.2) is 42.2 Å². The SMILES string of the molecule is O=C(O)C1CCN(CCCCOc2ccccc2CCc2cccc(F)c2)CC1. The molecular weight excluding hydrogens is 369 g/mol. The molecule has 1 fully saturated rings. The first-order valence-electron chi connectivity index (χ1n) is 10.5. The Morgan fingerprint density at radius 2 is 1.86 bits per heavy atom. The van der Waals surface area contributed by atoms with E-state index in [0.29, 0.717) is 6.61 Å². The Balaban J connectivity index is 1.37. The monoisotopic (exact) mass is 399 g/mol. The van der Waals surface area contributed by atoms with Gasteiger partial charge in [0.1, 0.15) is 11.6 Å². The van der Waals surface area contributed by atoms with Crippen molar-refractivity contribution in [3.8, 4) is 5.75 Å². The number of unbranched alkanes of at least 4 members (excludes halogenated alkanes) is 1. The van der Waals surface area contributed by atoms with Crippen LogP contribution in [0.15, 0.2) is 48.5 Å². The van der Waals surface area contributed by atoms with Crippen LogP contribution in [0.2, 0.25) is 0 Å².